The summed E-state index contributed by atoms with van der Waals surface area (Å²) in [5, 5.41) is 36.2. The number of rotatable bonds is 14. The Morgan fingerprint density at radius 2 is 0.895 bits per heavy atom. The molecule has 0 aromatic rings. The van der Waals surface area contributed by atoms with E-state index in [1.165, 1.54) is 21.1 Å². The van der Waals surface area contributed by atoms with Crippen LogP contribution in [0.25, 0.3) is 0 Å². The predicted octanol–water partition coefficient (Wildman–Crippen LogP) is -1.76. The van der Waals surface area contributed by atoms with E-state index in [1.807, 2.05) is 0 Å². The minimum atomic E-state index is -1.82. The summed E-state index contributed by atoms with van der Waals surface area (Å²) in [5.74, 6) is -11.0. The zero-order valence-electron chi connectivity index (χ0n) is 21.7. The SMILES string of the molecule is CN(CCCCC(C(=O)O)N(C)C(=O)[C@H](CCCCN(C)C(=O)C(=O)O)N(C)C(=O)C(=O)O)C(=O)C(=O)O. The number of aliphatic carboxylic acids is 4. The topological polar surface area (TPSA) is 230 Å². The second kappa shape index (κ2) is 15.8. The molecule has 0 fully saturated rings. The molecule has 0 radical (unpaired) electrons. The molecule has 214 valence electrons. The molecule has 0 aromatic carbocycles. The van der Waals surface area contributed by atoms with Gasteiger partial charge in [0.15, 0.2) is 0 Å². The summed E-state index contributed by atoms with van der Waals surface area (Å²) in [6, 6.07) is -2.72. The average molecular weight is 547 g/mol. The van der Waals surface area contributed by atoms with Gasteiger partial charge in [-0.3, -0.25) is 19.2 Å². The summed E-state index contributed by atoms with van der Waals surface area (Å²) in [5.41, 5.74) is 0. The van der Waals surface area contributed by atoms with Crippen LogP contribution in [0.15, 0.2) is 0 Å². The second-order valence-corrected chi connectivity index (χ2v) is 8.60. The quantitative estimate of drug-likeness (QED) is 0.140. The molecule has 0 bridgehead atoms. The Kier molecular flexibility index (Phi) is 14.0. The Morgan fingerprint density at radius 3 is 1.24 bits per heavy atom. The van der Waals surface area contributed by atoms with Crippen molar-refractivity contribution in [3.63, 3.8) is 0 Å². The van der Waals surface area contributed by atoms with Gasteiger partial charge >= 0.3 is 41.6 Å². The van der Waals surface area contributed by atoms with Gasteiger partial charge in [-0.25, -0.2) is 19.2 Å². The van der Waals surface area contributed by atoms with E-state index in [0.717, 1.165) is 21.7 Å². The number of carboxylic acids is 4. The molecule has 4 amide bonds. The summed E-state index contributed by atoms with van der Waals surface area (Å²) in [4.78, 5) is 96.0. The van der Waals surface area contributed by atoms with Gasteiger partial charge in [0.1, 0.15) is 12.1 Å². The van der Waals surface area contributed by atoms with E-state index in [9.17, 15) is 43.5 Å². The van der Waals surface area contributed by atoms with Crippen LogP contribution in [0.5, 0.6) is 0 Å². The summed E-state index contributed by atoms with van der Waals surface area (Å²) in [7, 11) is 4.81. The van der Waals surface area contributed by atoms with Crippen molar-refractivity contribution in [1.29, 1.82) is 0 Å². The van der Waals surface area contributed by atoms with Crippen molar-refractivity contribution in [3.8, 4) is 0 Å². The maximum absolute atomic E-state index is 13.2. The molecular formula is C22H34N4O12. The number of nitrogens with zero attached hydrogens (tertiary/aromatic N) is 4. The molecule has 16 nitrogen and oxygen atoms in total. The van der Waals surface area contributed by atoms with Gasteiger partial charge in [-0.15, -0.1) is 0 Å². The molecule has 0 saturated heterocycles. The highest BCUT2D eigenvalue weighted by molar-refractivity contribution is 6.32. The van der Waals surface area contributed by atoms with Crippen LogP contribution in [-0.4, -0.2) is 141 Å². The molecule has 0 heterocycles. The van der Waals surface area contributed by atoms with Crippen LogP contribution in [-0.2, 0) is 38.4 Å². The number of carboxylic acid groups (broad SMARTS) is 4. The zero-order valence-corrected chi connectivity index (χ0v) is 21.7. The highest BCUT2D eigenvalue weighted by Gasteiger charge is 2.36. The first-order valence-electron chi connectivity index (χ1n) is 11.5. The van der Waals surface area contributed by atoms with Crippen LogP contribution in [0.2, 0.25) is 0 Å². The second-order valence-electron chi connectivity index (χ2n) is 8.60. The number of amides is 4. The van der Waals surface area contributed by atoms with E-state index in [-0.39, 0.29) is 51.6 Å². The smallest absolute Gasteiger partial charge is 0.394 e. The zero-order chi connectivity index (χ0) is 29.7. The van der Waals surface area contributed by atoms with Crippen LogP contribution in [0, 0.1) is 0 Å². The van der Waals surface area contributed by atoms with Crippen molar-refractivity contribution in [3.05, 3.63) is 0 Å². The number of hydrogen-bond acceptors (Lipinski definition) is 8. The average Bonchev–Trinajstić information content (AvgIpc) is 2.85. The van der Waals surface area contributed by atoms with Crippen LogP contribution in [0.3, 0.4) is 0 Å². The Balaban J connectivity index is 5.40. The number of carbonyl (C=O) groups excluding carboxylic acids is 4. The number of carbonyl (C=O) groups is 8. The van der Waals surface area contributed by atoms with Crippen LogP contribution >= 0.6 is 0 Å². The Labute approximate surface area is 218 Å². The monoisotopic (exact) mass is 546 g/mol. The first-order chi connectivity index (χ1) is 17.5. The summed E-state index contributed by atoms with van der Waals surface area (Å²) < 4.78 is 0. The van der Waals surface area contributed by atoms with E-state index < -0.39 is 59.6 Å². The van der Waals surface area contributed by atoms with Gasteiger partial charge in [0.2, 0.25) is 5.91 Å². The predicted molar refractivity (Wildman–Crippen MR) is 127 cm³/mol. The van der Waals surface area contributed by atoms with Gasteiger partial charge in [-0.1, -0.05) is 0 Å². The fourth-order valence-electron chi connectivity index (χ4n) is 3.55. The molecule has 0 saturated carbocycles. The maximum atomic E-state index is 13.2. The first kappa shape index (κ1) is 33.8. The van der Waals surface area contributed by atoms with E-state index in [4.69, 9.17) is 15.3 Å². The summed E-state index contributed by atoms with van der Waals surface area (Å²) in [6.07, 6.45) is 0.652. The largest absolute Gasteiger partial charge is 0.480 e. The molecule has 0 rings (SSSR count). The van der Waals surface area contributed by atoms with Crippen molar-refractivity contribution >= 4 is 47.5 Å². The maximum Gasteiger partial charge on any atom is 0.394 e. The lowest BCUT2D eigenvalue weighted by molar-refractivity contribution is -0.160. The van der Waals surface area contributed by atoms with E-state index in [2.05, 4.69) is 0 Å². The Hall–Kier alpha value is -4.24. The molecule has 0 aliphatic carbocycles. The highest BCUT2D eigenvalue weighted by Crippen LogP contribution is 2.16. The van der Waals surface area contributed by atoms with Gasteiger partial charge < -0.3 is 40.0 Å². The van der Waals surface area contributed by atoms with Gasteiger partial charge in [0.25, 0.3) is 0 Å². The van der Waals surface area contributed by atoms with Crippen LogP contribution < -0.4 is 0 Å². The fourth-order valence-corrected chi connectivity index (χ4v) is 3.55. The molecule has 1 unspecified atom stereocenters. The minimum absolute atomic E-state index is 0.00898. The third-order valence-electron chi connectivity index (χ3n) is 5.86. The minimum Gasteiger partial charge on any atom is -0.480 e. The lowest BCUT2D eigenvalue weighted by Gasteiger charge is -2.33. The van der Waals surface area contributed by atoms with Crippen LogP contribution in [0.1, 0.15) is 38.5 Å². The molecule has 0 aromatic heterocycles. The van der Waals surface area contributed by atoms with E-state index >= 15 is 0 Å². The summed E-state index contributed by atoms with van der Waals surface area (Å²) >= 11 is 0. The molecule has 0 aliphatic heterocycles. The van der Waals surface area contributed by atoms with Gasteiger partial charge in [-0.2, -0.15) is 0 Å². The standard InChI is InChI=1S/C22H34N4O12/c1-23(16(28)20(33)34)11-7-5-9-13(25(3)18(30)22(37)38)15(27)26(4)14(19(31)32)10-6-8-12-24(2)17(29)21(35)36/h13-14H,5-12H2,1-4H3,(H,31,32)(H,33,34)(H,35,36)(H,37,38)/t13-,14?/m0/s1. The molecule has 0 spiro atoms. The first-order valence-corrected chi connectivity index (χ1v) is 11.5. The lowest BCUT2D eigenvalue weighted by Crippen LogP contribution is -2.53. The van der Waals surface area contributed by atoms with E-state index in [1.54, 1.807) is 0 Å². The van der Waals surface area contributed by atoms with Crippen LogP contribution in [0.4, 0.5) is 0 Å². The number of unbranched alkanes of at least 4 members (excludes halogenated alkanes) is 2. The molecule has 16 heteroatoms. The lowest BCUT2D eigenvalue weighted by atomic mass is 10.0. The van der Waals surface area contributed by atoms with Gasteiger partial charge in [0, 0.05) is 41.3 Å². The Morgan fingerprint density at radius 1 is 0.526 bits per heavy atom. The van der Waals surface area contributed by atoms with Gasteiger partial charge in [0.05, 0.1) is 0 Å². The number of likely N-dealkylation sites (N-methyl/N-ethyl adjacent to an activating group) is 4. The van der Waals surface area contributed by atoms with Crippen molar-refractivity contribution < 1.29 is 58.8 Å². The third kappa shape index (κ3) is 10.4. The summed E-state index contributed by atoms with van der Waals surface area (Å²) in [6.45, 7) is 0.0431. The van der Waals surface area contributed by atoms with Crippen molar-refractivity contribution in [2.24, 2.45) is 0 Å². The molecule has 2 atom stereocenters. The third-order valence-corrected chi connectivity index (χ3v) is 5.86. The normalized spacial score (nSPS) is 12.0. The van der Waals surface area contributed by atoms with Crippen molar-refractivity contribution in [2.75, 3.05) is 41.3 Å². The van der Waals surface area contributed by atoms with Crippen molar-refractivity contribution in [1.82, 2.24) is 19.6 Å². The van der Waals surface area contributed by atoms with E-state index in [0.29, 0.717) is 4.90 Å². The fraction of sp³-hybridized carbons (Fsp3) is 0.636. The molecule has 4 N–H and O–H groups in total. The highest BCUT2D eigenvalue weighted by atomic mass is 16.4. The number of hydrogen-bond donors (Lipinski definition) is 4. The van der Waals surface area contributed by atoms with Crippen molar-refractivity contribution in [2.45, 2.75) is 50.6 Å². The molecule has 0 aliphatic rings. The van der Waals surface area contributed by atoms with Gasteiger partial charge in [-0.05, 0) is 38.5 Å². The molecular weight excluding hydrogens is 512 g/mol. The Bertz CT molecular complexity index is 937. The molecule has 38 heavy (non-hydrogen) atoms.